The fourth-order valence-corrected chi connectivity index (χ4v) is 3.94. The molecule has 3 heterocycles. The lowest BCUT2D eigenvalue weighted by atomic mass is 9.93. The molecule has 2 saturated heterocycles. The second-order valence-corrected chi connectivity index (χ2v) is 7.01. The van der Waals surface area contributed by atoms with Crippen molar-refractivity contribution in [1.82, 2.24) is 24.6 Å². The Kier molecular flexibility index (Phi) is 4.87. The number of carbonyl (C=O) groups excluding carboxylic acids is 2. The normalized spacial score (nSPS) is 22.7. The van der Waals surface area contributed by atoms with Crippen LogP contribution in [0.3, 0.4) is 0 Å². The van der Waals surface area contributed by atoms with Gasteiger partial charge in [-0.3, -0.25) is 9.59 Å². The van der Waals surface area contributed by atoms with Gasteiger partial charge < -0.3 is 9.80 Å². The van der Waals surface area contributed by atoms with E-state index in [0.717, 1.165) is 50.4 Å². The van der Waals surface area contributed by atoms with Gasteiger partial charge in [0.1, 0.15) is 11.6 Å². The van der Waals surface area contributed by atoms with Gasteiger partial charge in [-0.1, -0.05) is 0 Å². The van der Waals surface area contributed by atoms with Crippen LogP contribution in [0.2, 0.25) is 0 Å². The van der Waals surface area contributed by atoms with Crippen molar-refractivity contribution >= 4 is 11.8 Å². The van der Waals surface area contributed by atoms with Crippen molar-refractivity contribution in [1.29, 1.82) is 0 Å². The zero-order valence-corrected chi connectivity index (χ0v) is 14.9. The second-order valence-electron chi connectivity index (χ2n) is 7.01. The van der Waals surface area contributed by atoms with Gasteiger partial charge in [0.05, 0.1) is 6.04 Å². The van der Waals surface area contributed by atoms with Crippen LogP contribution < -0.4 is 0 Å². The lowest BCUT2D eigenvalue weighted by Gasteiger charge is -2.37. The molecular weight excluding hydrogens is 306 g/mol. The van der Waals surface area contributed by atoms with E-state index in [1.165, 1.54) is 0 Å². The third-order valence-corrected chi connectivity index (χ3v) is 5.25. The van der Waals surface area contributed by atoms with Crippen LogP contribution >= 0.6 is 0 Å². The first kappa shape index (κ1) is 16.9. The summed E-state index contributed by atoms with van der Waals surface area (Å²) >= 11 is 0. The van der Waals surface area contributed by atoms with Crippen LogP contribution in [-0.2, 0) is 9.59 Å². The molecule has 2 fully saturated rings. The van der Waals surface area contributed by atoms with Gasteiger partial charge >= 0.3 is 0 Å². The topological polar surface area (TPSA) is 71.3 Å². The van der Waals surface area contributed by atoms with Crippen molar-refractivity contribution < 1.29 is 9.59 Å². The largest absolute Gasteiger partial charge is 0.343 e. The van der Waals surface area contributed by atoms with Gasteiger partial charge in [0.2, 0.25) is 11.8 Å². The lowest BCUT2D eigenvalue weighted by Crippen LogP contribution is -2.47. The number of aromatic nitrogens is 3. The SMILES string of the molecule is CC(=O)N1CCC(C(=O)N2CCC[C@@H](n3nc(C)nc3C)C2)CC1. The number of aryl methyl sites for hydroxylation is 2. The first-order valence-electron chi connectivity index (χ1n) is 8.89. The molecule has 0 aromatic carbocycles. The van der Waals surface area contributed by atoms with Crippen LogP contribution in [0.15, 0.2) is 0 Å². The minimum Gasteiger partial charge on any atom is -0.343 e. The van der Waals surface area contributed by atoms with Crippen molar-refractivity contribution in [2.75, 3.05) is 26.2 Å². The Morgan fingerprint density at radius 1 is 1.04 bits per heavy atom. The molecule has 1 atom stereocenters. The average Bonchev–Trinajstić information content (AvgIpc) is 2.93. The zero-order chi connectivity index (χ0) is 17.3. The van der Waals surface area contributed by atoms with Gasteiger partial charge in [-0.25, -0.2) is 9.67 Å². The molecule has 0 aliphatic carbocycles. The Bertz CT molecular complexity index is 618. The molecule has 0 bridgehead atoms. The van der Waals surface area contributed by atoms with Gasteiger partial charge in [-0.15, -0.1) is 0 Å². The molecule has 24 heavy (non-hydrogen) atoms. The Balaban J connectivity index is 1.61. The van der Waals surface area contributed by atoms with Crippen molar-refractivity contribution in [3.63, 3.8) is 0 Å². The van der Waals surface area contributed by atoms with Gasteiger partial charge in [-0.2, -0.15) is 5.10 Å². The van der Waals surface area contributed by atoms with Crippen molar-refractivity contribution in [3.05, 3.63) is 11.6 Å². The Morgan fingerprint density at radius 2 is 1.75 bits per heavy atom. The molecule has 1 aromatic heterocycles. The summed E-state index contributed by atoms with van der Waals surface area (Å²) < 4.78 is 1.98. The number of nitrogens with zero attached hydrogens (tertiary/aromatic N) is 5. The molecule has 7 heteroatoms. The molecule has 7 nitrogen and oxygen atoms in total. The van der Waals surface area contributed by atoms with Crippen molar-refractivity contribution in [3.8, 4) is 0 Å². The van der Waals surface area contributed by atoms with Crippen molar-refractivity contribution in [2.45, 2.75) is 52.5 Å². The summed E-state index contributed by atoms with van der Waals surface area (Å²) in [6, 6.07) is 0.223. The van der Waals surface area contributed by atoms with Crippen LogP contribution in [-0.4, -0.2) is 62.6 Å². The maximum absolute atomic E-state index is 12.9. The summed E-state index contributed by atoms with van der Waals surface area (Å²) in [4.78, 5) is 32.5. The van der Waals surface area contributed by atoms with Crippen LogP contribution in [0.1, 0.15) is 50.3 Å². The number of carbonyl (C=O) groups is 2. The minimum atomic E-state index is 0.0536. The van der Waals surface area contributed by atoms with E-state index in [4.69, 9.17) is 0 Å². The molecule has 0 spiro atoms. The zero-order valence-electron chi connectivity index (χ0n) is 14.9. The molecule has 0 N–H and O–H groups in total. The number of rotatable bonds is 2. The Labute approximate surface area is 143 Å². The number of piperidine rings is 2. The first-order valence-corrected chi connectivity index (χ1v) is 8.89. The highest BCUT2D eigenvalue weighted by atomic mass is 16.2. The van der Waals surface area contributed by atoms with E-state index in [-0.39, 0.29) is 23.8 Å². The number of hydrogen-bond donors (Lipinski definition) is 0. The van der Waals surface area contributed by atoms with E-state index in [9.17, 15) is 9.59 Å². The Morgan fingerprint density at radius 3 is 2.33 bits per heavy atom. The molecule has 2 amide bonds. The van der Waals surface area contributed by atoms with Gasteiger partial charge in [-0.05, 0) is 39.5 Å². The van der Waals surface area contributed by atoms with Gasteiger partial charge in [0.25, 0.3) is 0 Å². The van der Waals surface area contributed by atoms with E-state index >= 15 is 0 Å². The predicted octanol–water partition coefficient (Wildman–Crippen LogP) is 1.32. The van der Waals surface area contributed by atoms with E-state index in [1.807, 2.05) is 28.3 Å². The van der Waals surface area contributed by atoms with E-state index < -0.39 is 0 Å². The molecule has 2 aliphatic rings. The molecular formula is C17H27N5O2. The third kappa shape index (κ3) is 3.44. The van der Waals surface area contributed by atoms with Gasteiger partial charge in [0, 0.05) is 39.0 Å². The summed E-state index contributed by atoms with van der Waals surface area (Å²) in [7, 11) is 0. The summed E-state index contributed by atoms with van der Waals surface area (Å²) in [5.41, 5.74) is 0. The first-order chi connectivity index (χ1) is 11.5. The lowest BCUT2D eigenvalue weighted by molar-refractivity contribution is -0.141. The smallest absolute Gasteiger partial charge is 0.225 e. The fraction of sp³-hybridized carbons (Fsp3) is 0.765. The second kappa shape index (κ2) is 6.91. The number of hydrogen-bond acceptors (Lipinski definition) is 4. The minimum absolute atomic E-state index is 0.0536. The number of amides is 2. The highest BCUT2D eigenvalue weighted by Crippen LogP contribution is 2.26. The highest BCUT2D eigenvalue weighted by Gasteiger charge is 2.32. The monoisotopic (exact) mass is 333 g/mol. The van der Waals surface area contributed by atoms with E-state index in [2.05, 4.69) is 10.1 Å². The summed E-state index contributed by atoms with van der Waals surface area (Å²) in [6.45, 7) is 8.41. The highest BCUT2D eigenvalue weighted by molar-refractivity contribution is 5.80. The quantitative estimate of drug-likeness (QED) is 0.818. The molecule has 0 saturated carbocycles. The van der Waals surface area contributed by atoms with Crippen LogP contribution in [0.4, 0.5) is 0 Å². The third-order valence-electron chi connectivity index (χ3n) is 5.25. The standard InChI is InChI=1S/C17H27N5O2/c1-12-18-13(2)22(19-12)16-5-4-8-21(11-16)17(24)15-6-9-20(10-7-15)14(3)23/h15-16H,4-11H2,1-3H3/t16-/m1/s1. The van der Waals surface area contributed by atoms with E-state index in [1.54, 1.807) is 6.92 Å². The predicted molar refractivity (Wildman–Crippen MR) is 89.3 cm³/mol. The molecule has 0 radical (unpaired) electrons. The van der Waals surface area contributed by atoms with E-state index in [0.29, 0.717) is 13.1 Å². The van der Waals surface area contributed by atoms with Crippen molar-refractivity contribution in [2.24, 2.45) is 5.92 Å². The summed E-state index contributed by atoms with van der Waals surface area (Å²) in [6.07, 6.45) is 3.60. The molecule has 0 unspecified atom stereocenters. The summed E-state index contributed by atoms with van der Waals surface area (Å²) in [5, 5.41) is 4.49. The summed E-state index contributed by atoms with van der Waals surface area (Å²) in [5.74, 6) is 2.11. The fourth-order valence-electron chi connectivity index (χ4n) is 3.94. The van der Waals surface area contributed by atoms with Gasteiger partial charge in [0.15, 0.2) is 0 Å². The Hall–Kier alpha value is -1.92. The average molecular weight is 333 g/mol. The molecule has 132 valence electrons. The number of likely N-dealkylation sites (tertiary alicyclic amines) is 2. The van der Waals surface area contributed by atoms with Crippen LogP contribution in [0.5, 0.6) is 0 Å². The van der Waals surface area contributed by atoms with Crippen LogP contribution in [0.25, 0.3) is 0 Å². The molecule has 3 rings (SSSR count). The molecule has 2 aliphatic heterocycles. The van der Waals surface area contributed by atoms with Crippen LogP contribution in [0, 0.1) is 19.8 Å². The maximum Gasteiger partial charge on any atom is 0.225 e. The maximum atomic E-state index is 12.9. The molecule has 1 aromatic rings.